The molecular weight excluding hydrogens is 425 g/mol. The number of urea groups is 1. The number of carbonyl (C=O) groups excluding carboxylic acids is 1. The first kappa shape index (κ1) is 19.3. The molecule has 0 radical (unpaired) electrons. The number of nitrogens with one attached hydrogen (secondary N) is 2. The lowest BCUT2D eigenvalue weighted by atomic mass is 10.1. The molecule has 5 nitrogen and oxygen atoms in total. The highest BCUT2D eigenvalue weighted by molar-refractivity contribution is 7.15. The number of alkyl halides is 3. The molecule has 2 aromatic carbocycles. The van der Waals surface area contributed by atoms with E-state index in [0.717, 1.165) is 34.4 Å². The number of rotatable bonds is 3. The van der Waals surface area contributed by atoms with Gasteiger partial charge in [-0.05, 0) is 30.3 Å². The fourth-order valence-corrected chi connectivity index (χ4v) is 3.54. The van der Waals surface area contributed by atoms with Gasteiger partial charge in [0.25, 0.3) is 0 Å². The van der Waals surface area contributed by atoms with Crippen LogP contribution in [0.25, 0.3) is 16.2 Å². The minimum atomic E-state index is -4.53. The number of carbonyl (C=O) groups is 1. The molecule has 10 heteroatoms. The normalized spacial score (nSPS) is 11.6. The summed E-state index contributed by atoms with van der Waals surface area (Å²) < 4.78 is 40.4. The Morgan fingerprint density at radius 2 is 1.86 bits per heavy atom. The molecular formula is C19H12ClF3N4OS. The van der Waals surface area contributed by atoms with Gasteiger partial charge in [0, 0.05) is 29.0 Å². The molecule has 0 bridgehead atoms. The summed E-state index contributed by atoms with van der Waals surface area (Å²) in [7, 11) is 0. The predicted octanol–water partition coefficient (Wildman–Crippen LogP) is 6.38. The number of nitrogens with zero attached hydrogens (tertiary/aromatic N) is 2. The maximum absolute atomic E-state index is 12.8. The zero-order valence-corrected chi connectivity index (χ0v) is 16.1. The van der Waals surface area contributed by atoms with Crippen LogP contribution in [0.3, 0.4) is 0 Å². The zero-order chi connectivity index (χ0) is 20.6. The molecule has 0 fully saturated rings. The van der Waals surface area contributed by atoms with Crippen LogP contribution < -0.4 is 10.6 Å². The molecule has 0 atom stereocenters. The highest BCUT2D eigenvalue weighted by Crippen LogP contribution is 2.34. The second kappa shape index (κ2) is 7.41. The van der Waals surface area contributed by atoms with Crippen molar-refractivity contribution in [2.45, 2.75) is 6.18 Å². The van der Waals surface area contributed by atoms with Gasteiger partial charge in [-0.2, -0.15) is 13.2 Å². The smallest absolute Gasteiger partial charge is 0.308 e. The largest absolute Gasteiger partial charge is 0.416 e. The third-order valence-corrected chi connectivity index (χ3v) is 5.17. The molecule has 2 N–H and O–H groups in total. The summed E-state index contributed by atoms with van der Waals surface area (Å²) in [6.45, 7) is 0. The molecule has 29 heavy (non-hydrogen) atoms. The molecule has 2 amide bonds. The van der Waals surface area contributed by atoms with Gasteiger partial charge < -0.3 is 10.6 Å². The van der Waals surface area contributed by atoms with Crippen LogP contribution >= 0.6 is 22.9 Å². The van der Waals surface area contributed by atoms with Crippen molar-refractivity contribution in [3.8, 4) is 11.3 Å². The molecule has 0 aliphatic carbocycles. The second-order valence-electron chi connectivity index (χ2n) is 6.07. The van der Waals surface area contributed by atoms with Gasteiger partial charge in [-0.3, -0.25) is 4.40 Å². The molecule has 0 unspecified atom stereocenters. The number of benzene rings is 2. The maximum Gasteiger partial charge on any atom is 0.416 e. The van der Waals surface area contributed by atoms with E-state index in [2.05, 4.69) is 15.6 Å². The maximum atomic E-state index is 12.8. The summed E-state index contributed by atoms with van der Waals surface area (Å²) in [5.41, 5.74) is 1.10. The molecule has 0 saturated carbocycles. The van der Waals surface area contributed by atoms with Crippen molar-refractivity contribution in [1.82, 2.24) is 9.38 Å². The number of halogens is 4. The van der Waals surface area contributed by atoms with Crippen molar-refractivity contribution in [3.63, 3.8) is 0 Å². The van der Waals surface area contributed by atoms with Gasteiger partial charge in [-0.25, -0.2) is 9.78 Å². The van der Waals surface area contributed by atoms with E-state index in [-0.39, 0.29) is 10.7 Å². The fraction of sp³-hybridized carbons (Fsp3) is 0.0526. The van der Waals surface area contributed by atoms with Crippen molar-refractivity contribution >= 4 is 45.3 Å². The number of amides is 2. The van der Waals surface area contributed by atoms with Gasteiger partial charge in [0.1, 0.15) is 0 Å². The SMILES string of the molecule is O=C(Nc1ccc(-c2cn3ccsc3n2)cc1)Nc1cc(C(F)(F)F)ccc1Cl. The molecule has 0 aliphatic heterocycles. The van der Waals surface area contributed by atoms with E-state index >= 15 is 0 Å². The Hall–Kier alpha value is -3.04. The molecule has 4 aromatic rings. The molecule has 148 valence electrons. The first-order valence-electron chi connectivity index (χ1n) is 8.27. The van der Waals surface area contributed by atoms with E-state index in [1.165, 1.54) is 11.3 Å². The van der Waals surface area contributed by atoms with Gasteiger partial charge >= 0.3 is 12.2 Å². The van der Waals surface area contributed by atoms with Crippen LogP contribution in [0.15, 0.2) is 60.2 Å². The lowest BCUT2D eigenvalue weighted by Gasteiger charge is -2.12. The number of hydrogen-bond donors (Lipinski definition) is 2. The number of anilines is 2. The van der Waals surface area contributed by atoms with Gasteiger partial charge in [0.15, 0.2) is 4.96 Å². The molecule has 4 rings (SSSR count). The van der Waals surface area contributed by atoms with Crippen LogP contribution in [0.5, 0.6) is 0 Å². The van der Waals surface area contributed by atoms with Crippen LogP contribution in [0.2, 0.25) is 5.02 Å². The molecule has 0 saturated heterocycles. The van der Waals surface area contributed by atoms with Gasteiger partial charge in [0.2, 0.25) is 0 Å². The van der Waals surface area contributed by atoms with E-state index in [9.17, 15) is 18.0 Å². The monoisotopic (exact) mass is 436 g/mol. The summed E-state index contributed by atoms with van der Waals surface area (Å²) >= 11 is 7.41. The number of hydrogen-bond acceptors (Lipinski definition) is 3. The van der Waals surface area contributed by atoms with Crippen molar-refractivity contribution in [2.24, 2.45) is 0 Å². The Morgan fingerprint density at radius 1 is 1.10 bits per heavy atom. The fourth-order valence-electron chi connectivity index (χ4n) is 2.67. The summed E-state index contributed by atoms with van der Waals surface area (Å²) in [5.74, 6) is 0. The topological polar surface area (TPSA) is 58.4 Å². The lowest BCUT2D eigenvalue weighted by Crippen LogP contribution is -2.20. The van der Waals surface area contributed by atoms with E-state index in [0.29, 0.717) is 5.69 Å². The number of imidazole rings is 1. The standard InChI is InChI=1S/C19H12ClF3N4OS/c20-14-6-3-12(19(21,22)23)9-15(14)25-17(28)24-13-4-1-11(2-5-13)16-10-27-7-8-29-18(27)26-16/h1-10H,(H2,24,25,28). The van der Waals surface area contributed by atoms with E-state index in [1.54, 1.807) is 24.3 Å². The summed E-state index contributed by atoms with van der Waals surface area (Å²) in [5, 5.41) is 6.84. The average Bonchev–Trinajstić information content (AvgIpc) is 3.25. The Labute approximate surface area is 171 Å². The van der Waals surface area contributed by atoms with E-state index < -0.39 is 17.8 Å². The number of thiazole rings is 1. The molecule has 2 heterocycles. The minimum Gasteiger partial charge on any atom is -0.308 e. The van der Waals surface area contributed by atoms with Gasteiger partial charge in [-0.15, -0.1) is 11.3 Å². The summed E-state index contributed by atoms with van der Waals surface area (Å²) in [4.78, 5) is 17.5. The number of aromatic nitrogens is 2. The van der Waals surface area contributed by atoms with E-state index in [4.69, 9.17) is 11.6 Å². The quantitative estimate of drug-likeness (QED) is 0.391. The van der Waals surface area contributed by atoms with Crippen LogP contribution in [-0.2, 0) is 6.18 Å². The minimum absolute atomic E-state index is 0.00301. The van der Waals surface area contributed by atoms with Crippen molar-refractivity contribution in [1.29, 1.82) is 0 Å². The third kappa shape index (κ3) is 4.20. The Kier molecular flexibility index (Phi) is 4.93. The van der Waals surface area contributed by atoms with Crippen molar-refractivity contribution in [3.05, 3.63) is 70.8 Å². The predicted molar refractivity (Wildman–Crippen MR) is 108 cm³/mol. The van der Waals surface area contributed by atoms with Crippen LogP contribution in [0.1, 0.15) is 5.56 Å². The molecule has 2 aromatic heterocycles. The highest BCUT2D eigenvalue weighted by atomic mass is 35.5. The van der Waals surface area contributed by atoms with Crippen LogP contribution in [-0.4, -0.2) is 15.4 Å². The zero-order valence-electron chi connectivity index (χ0n) is 14.5. The van der Waals surface area contributed by atoms with Crippen LogP contribution in [0.4, 0.5) is 29.3 Å². The first-order chi connectivity index (χ1) is 13.8. The Bertz CT molecular complexity index is 1160. The van der Waals surface area contributed by atoms with Crippen molar-refractivity contribution < 1.29 is 18.0 Å². The van der Waals surface area contributed by atoms with Crippen LogP contribution in [0, 0.1) is 0 Å². The highest BCUT2D eigenvalue weighted by Gasteiger charge is 2.31. The second-order valence-corrected chi connectivity index (χ2v) is 7.35. The lowest BCUT2D eigenvalue weighted by molar-refractivity contribution is -0.137. The average molecular weight is 437 g/mol. The summed E-state index contributed by atoms with van der Waals surface area (Å²) in [6, 6.07) is 8.95. The Morgan fingerprint density at radius 3 is 2.55 bits per heavy atom. The third-order valence-electron chi connectivity index (χ3n) is 4.07. The van der Waals surface area contributed by atoms with Crippen molar-refractivity contribution in [2.75, 3.05) is 10.6 Å². The molecule has 0 aliphatic rings. The molecule has 0 spiro atoms. The first-order valence-corrected chi connectivity index (χ1v) is 9.53. The van der Waals surface area contributed by atoms with Gasteiger partial charge in [-0.1, -0.05) is 23.7 Å². The van der Waals surface area contributed by atoms with E-state index in [1.807, 2.05) is 22.2 Å². The number of fused-ring (bicyclic) bond motifs is 1. The Balaban J connectivity index is 1.45. The van der Waals surface area contributed by atoms with Gasteiger partial charge in [0.05, 0.1) is 22.0 Å². The summed E-state index contributed by atoms with van der Waals surface area (Å²) in [6.07, 6.45) is -0.721.